The van der Waals surface area contributed by atoms with Crippen molar-refractivity contribution < 1.29 is 4.79 Å². The maximum Gasteiger partial charge on any atom is 0.275 e. The Kier molecular flexibility index (Phi) is 5.14. The summed E-state index contributed by atoms with van der Waals surface area (Å²) < 4.78 is 0. The number of amides is 1. The molecular formula is C28H27N3O. The Hall–Kier alpha value is -3.66. The maximum absolute atomic E-state index is 13.6. The molecule has 0 N–H and O–H groups in total. The lowest BCUT2D eigenvalue weighted by molar-refractivity contribution is 0.0655. The van der Waals surface area contributed by atoms with E-state index >= 15 is 0 Å². The van der Waals surface area contributed by atoms with Gasteiger partial charge < -0.3 is 4.90 Å². The lowest BCUT2D eigenvalue weighted by Crippen LogP contribution is -2.52. The summed E-state index contributed by atoms with van der Waals surface area (Å²) in [6.45, 7) is 2.30. The number of rotatable bonds is 3. The van der Waals surface area contributed by atoms with Crippen molar-refractivity contribution in [2.75, 3.05) is 11.9 Å². The van der Waals surface area contributed by atoms with E-state index in [0.29, 0.717) is 5.56 Å². The van der Waals surface area contributed by atoms with Gasteiger partial charge in [-0.2, -0.15) is 5.10 Å². The number of nitrogens with zero attached hydrogens (tertiary/aromatic N) is 3. The Balaban J connectivity index is 1.61. The van der Waals surface area contributed by atoms with E-state index in [1.165, 1.54) is 11.3 Å². The lowest BCUT2D eigenvalue weighted by Gasteiger charge is -2.46. The summed E-state index contributed by atoms with van der Waals surface area (Å²) in [5, 5.41) is 6.66. The summed E-state index contributed by atoms with van der Waals surface area (Å²) in [6, 6.07) is 28.2. The van der Waals surface area contributed by atoms with Gasteiger partial charge in [0.25, 0.3) is 5.91 Å². The number of para-hydroxylation sites is 1. The van der Waals surface area contributed by atoms with Gasteiger partial charge in [-0.05, 0) is 41.8 Å². The molecule has 3 aromatic carbocycles. The van der Waals surface area contributed by atoms with E-state index in [0.717, 1.165) is 24.1 Å². The predicted octanol–water partition coefficient (Wildman–Crippen LogP) is 5.73. The number of hydrogen-bond acceptors (Lipinski definition) is 3. The normalized spacial score (nSPS) is 22.3. The van der Waals surface area contributed by atoms with Gasteiger partial charge in [0.05, 0.1) is 5.71 Å². The number of allylic oxidation sites excluding steroid dienone is 1. The summed E-state index contributed by atoms with van der Waals surface area (Å²) in [7, 11) is 2.06. The fourth-order valence-corrected chi connectivity index (χ4v) is 4.90. The van der Waals surface area contributed by atoms with Gasteiger partial charge in [-0.25, -0.2) is 5.01 Å². The summed E-state index contributed by atoms with van der Waals surface area (Å²) in [6.07, 6.45) is 5.60. The van der Waals surface area contributed by atoms with Crippen LogP contribution in [0.5, 0.6) is 0 Å². The Morgan fingerprint density at radius 1 is 0.938 bits per heavy atom. The maximum atomic E-state index is 13.6. The molecule has 2 atom stereocenters. The van der Waals surface area contributed by atoms with Gasteiger partial charge in [-0.1, -0.05) is 79.7 Å². The Labute approximate surface area is 189 Å². The van der Waals surface area contributed by atoms with Crippen LogP contribution in [0.25, 0.3) is 6.08 Å². The first-order valence-corrected chi connectivity index (χ1v) is 11.1. The number of benzene rings is 3. The highest BCUT2D eigenvalue weighted by atomic mass is 16.2. The van der Waals surface area contributed by atoms with Gasteiger partial charge in [-0.15, -0.1) is 0 Å². The molecule has 160 valence electrons. The quantitative estimate of drug-likeness (QED) is 0.542. The van der Waals surface area contributed by atoms with Crippen LogP contribution in [-0.4, -0.2) is 29.8 Å². The molecule has 0 saturated carbocycles. The third-order valence-electron chi connectivity index (χ3n) is 6.60. The van der Waals surface area contributed by atoms with E-state index in [9.17, 15) is 4.79 Å². The second-order valence-corrected chi connectivity index (χ2v) is 8.90. The summed E-state index contributed by atoms with van der Waals surface area (Å²) in [4.78, 5) is 15.8. The van der Waals surface area contributed by atoms with Gasteiger partial charge in [0.15, 0.2) is 0 Å². The van der Waals surface area contributed by atoms with Crippen LogP contribution in [0.2, 0.25) is 0 Å². The third kappa shape index (κ3) is 3.62. The van der Waals surface area contributed by atoms with E-state index in [2.05, 4.69) is 67.4 Å². The SMILES string of the molecule is CN1c2ccccc2[C@]2(C)CC(/C=C/c3ccccc3)=NN(C(=O)c3ccccc3)[C@@H]1C2. The van der Waals surface area contributed by atoms with E-state index in [-0.39, 0.29) is 17.5 Å². The van der Waals surface area contributed by atoms with E-state index in [4.69, 9.17) is 5.10 Å². The number of anilines is 1. The van der Waals surface area contributed by atoms with E-state index in [1.807, 2.05) is 48.5 Å². The average molecular weight is 422 g/mol. The molecule has 4 nitrogen and oxygen atoms in total. The second-order valence-electron chi connectivity index (χ2n) is 8.90. The first kappa shape index (κ1) is 20.3. The predicted molar refractivity (Wildman–Crippen MR) is 131 cm³/mol. The number of fused-ring (bicyclic) bond motifs is 4. The van der Waals surface area contributed by atoms with Crippen LogP contribution in [0.3, 0.4) is 0 Å². The molecule has 32 heavy (non-hydrogen) atoms. The summed E-state index contributed by atoms with van der Waals surface area (Å²) in [5.74, 6) is -0.0725. The molecule has 4 heteroatoms. The highest BCUT2D eigenvalue weighted by Gasteiger charge is 2.45. The molecule has 2 bridgehead atoms. The largest absolute Gasteiger partial charge is 0.352 e. The number of hydrogen-bond donors (Lipinski definition) is 0. The number of carbonyl (C=O) groups excluding carboxylic acids is 1. The first-order valence-electron chi connectivity index (χ1n) is 11.1. The van der Waals surface area contributed by atoms with Crippen molar-refractivity contribution in [3.05, 3.63) is 108 Å². The van der Waals surface area contributed by atoms with Crippen molar-refractivity contribution in [3.63, 3.8) is 0 Å². The monoisotopic (exact) mass is 421 g/mol. The molecule has 2 aliphatic heterocycles. The second kappa shape index (κ2) is 8.12. The molecule has 5 rings (SSSR count). The van der Waals surface area contributed by atoms with Crippen molar-refractivity contribution in [1.29, 1.82) is 0 Å². The Bertz CT molecular complexity index is 1190. The zero-order valence-corrected chi connectivity index (χ0v) is 18.5. The van der Waals surface area contributed by atoms with Crippen LogP contribution in [0.1, 0.15) is 41.3 Å². The van der Waals surface area contributed by atoms with Gasteiger partial charge in [0.1, 0.15) is 6.17 Å². The van der Waals surface area contributed by atoms with Crippen molar-refractivity contribution >= 4 is 23.4 Å². The molecule has 0 fully saturated rings. The Morgan fingerprint density at radius 3 is 2.34 bits per heavy atom. The minimum Gasteiger partial charge on any atom is -0.352 e. The van der Waals surface area contributed by atoms with E-state index < -0.39 is 0 Å². The van der Waals surface area contributed by atoms with Gasteiger partial charge in [0, 0.05) is 30.1 Å². The topological polar surface area (TPSA) is 35.9 Å². The van der Waals surface area contributed by atoms with Gasteiger partial charge in [0.2, 0.25) is 0 Å². The molecule has 2 aliphatic rings. The van der Waals surface area contributed by atoms with Crippen molar-refractivity contribution in [1.82, 2.24) is 5.01 Å². The molecule has 1 amide bonds. The molecule has 0 aromatic heterocycles. The molecule has 0 radical (unpaired) electrons. The average Bonchev–Trinajstić information content (AvgIpc) is 2.98. The minimum atomic E-state index is -0.148. The highest BCUT2D eigenvalue weighted by Crippen LogP contribution is 2.46. The fourth-order valence-electron chi connectivity index (χ4n) is 4.90. The standard InChI is InChI=1S/C28H27N3O/c1-28-19-23(18-17-21-11-5-3-6-12-21)29-31(27(32)22-13-7-4-8-14-22)26(20-28)30(2)25-16-10-9-15-24(25)28/h3-18,26H,19-20H2,1-2H3/b18-17+/t26-,28-/m1/s1. The number of hydrazone groups is 1. The molecule has 2 heterocycles. The van der Waals surface area contributed by atoms with Crippen LogP contribution in [0, 0.1) is 0 Å². The van der Waals surface area contributed by atoms with Crippen LogP contribution >= 0.6 is 0 Å². The minimum absolute atomic E-state index is 0.0725. The zero-order valence-electron chi connectivity index (χ0n) is 18.5. The molecule has 0 aliphatic carbocycles. The summed E-state index contributed by atoms with van der Waals surface area (Å²) in [5.41, 5.74) is 5.05. The van der Waals surface area contributed by atoms with E-state index in [1.54, 1.807) is 5.01 Å². The first-order chi connectivity index (χ1) is 15.5. The lowest BCUT2D eigenvalue weighted by atomic mass is 9.71. The van der Waals surface area contributed by atoms with Crippen molar-refractivity contribution in [2.45, 2.75) is 31.3 Å². The van der Waals surface area contributed by atoms with Crippen molar-refractivity contribution in [2.24, 2.45) is 5.10 Å². The molecule has 3 aromatic rings. The zero-order chi connectivity index (χ0) is 22.1. The smallest absolute Gasteiger partial charge is 0.275 e. The molecule has 0 saturated heterocycles. The van der Waals surface area contributed by atoms with Gasteiger partial charge >= 0.3 is 0 Å². The fraction of sp³-hybridized carbons (Fsp3) is 0.214. The number of carbonyl (C=O) groups is 1. The van der Waals surface area contributed by atoms with Crippen LogP contribution in [0.4, 0.5) is 5.69 Å². The molecular weight excluding hydrogens is 394 g/mol. The molecule has 0 spiro atoms. The van der Waals surface area contributed by atoms with Crippen molar-refractivity contribution in [3.8, 4) is 0 Å². The van der Waals surface area contributed by atoms with Crippen LogP contribution < -0.4 is 4.90 Å². The third-order valence-corrected chi connectivity index (χ3v) is 6.60. The van der Waals surface area contributed by atoms with Gasteiger partial charge in [-0.3, -0.25) is 4.79 Å². The van der Waals surface area contributed by atoms with Crippen LogP contribution in [-0.2, 0) is 5.41 Å². The Morgan fingerprint density at radius 2 is 1.59 bits per heavy atom. The summed E-state index contributed by atoms with van der Waals surface area (Å²) >= 11 is 0. The van der Waals surface area contributed by atoms with Crippen LogP contribution in [0.15, 0.2) is 96.1 Å². The molecule has 0 unspecified atom stereocenters. The highest BCUT2D eigenvalue weighted by molar-refractivity contribution is 6.02.